The molecule has 1 saturated carbocycles. The molecule has 0 spiro atoms. The summed E-state index contributed by atoms with van der Waals surface area (Å²) >= 11 is -1.01. The topological polar surface area (TPSA) is 65.0 Å². The van der Waals surface area contributed by atoms with Gasteiger partial charge in [-0.1, -0.05) is 24.3 Å². The van der Waals surface area contributed by atoms with E-state index in [0.29, 0.717) is 0 Å². The number of alkyl halides is 4. The van der Waals surface area contributed by atoms with Crippen LogP contribution in [0.2, 0.25) is 0 Å². The van der Waals surface area contributed by atoms with E-state index >= 15 is 0 Å². The van der Waals surface area contributed by atoms with Crippen LogP contribution in [0.1, 0.15) is 32.1 Å². The molecule has 0 heterocycles. The highest BCUT2D eigenvalue weighted by atomic mass is 32.2. The van der Waals surface area contributed by atoms with E-state index in [2.05, 4.69) is 14.1 Å². The third kappa shape index (κ3) is 4.47. The molecule has 5 nitrogen and oxygen atoms in total. The molecule has 10 heteroatoms. The first-order valence-corrected chi connectivity index (χ1v) is 6.64. The predicted octanol–water partition coefficient (Wildman–Crippen LogP) is 3.41. The first kappa shape index (κ1) is 17.5. The maximum atomic E-state index is 13.7. The van der Waals surface area contributed by atoms with Crippen LogP contribution in [-0.2, 0) is 18.9 Å². The minimum atomic E-state index is -5.57. The van der Waals surface area contributed by atoms with Gasteiger partial charge < -0.3 is 4.74 Å². The van der Waals surface area contributed by atoms with Gasteiger partial charge in [0.15, 0.2) is 0 Å². The summed E-state index contributed by atoms with van der Waals surface area (Å²) < 4.78 is 59.1. The van der Waals surface area contributed by atoms with Crippen molar-refractivity contribution in [3.05, 3.63) is 0 Å². The molecule has 118 valence electrons. The highest BCUT2D eigenvalue weighted by Gasteiger charge is 2.66. The fraction of sp³-hybridized carbons (Fsp3) is 0.900. The second kappa shape index (κ2) is 7.43. The summed E-state index contributed by atoms with van der Waals surface area (Å²) in [6, 6.07) is 0. The van der Waals surface area contributed by atoms with Crippen LogP contribution in [0.3, 0.4) is 0 Å². The lowest BCUT2D eigenvalue weighted by Gasteiger charge is -2.25. The van der Waals surface area contributed by atoms with Gasteiger partial charge in [0.05, 0.1) is 18.6 Å². The van der Waals surface area contributed by atoms with Gasteiger partial charge in [-0.05, 0) is 18.8 Å². The largest absolute Gasteiger partial charge is 0.462 e. The van der Waals surface area contributed by atoms with Crippen molar-refractivity contribution in [2.75, 3.05) is 6.61 Å². The van der Waals surface area contributed by atoms with Gasteiger partial charge in [0.25, 0.3) is 0 Å². The molecular formula is C10H14F4O5S. The average Bonchev–Trinajstić information content (AvgIpc) is 2.42. The molecule has 0 aromatic heterocycles. The zero-order chi connectivity index (χ0) is 15.2. The van der Waals surface area contributed by atoms with Gasteiger partial charge in [0.1, 0.15) is 0 Å². The predicted molar refractivity (Wildman–Crippen MR) is 59.8 cm³/mol. The summed E-state index contributed by atoms with van der Waals surface area (Å²) in [5.41, 5.74) is 0. The molecule has 1 atom stereocenters. The van der Waals surface area contributed by atoms with Gasteiger partial charge >= 0.3 is 17.1 Å². The Balaban J connectivity index is 2.58. The molecule has 1 aliphatic carbocycles. The summed E-state index contributed by atoms with van der Waals surface area (Å²) in [4.78, 5) is 11.3. The molecule has 1 aliphatic rings. The van der Waals surface area contributed by atoms with E-state index in [1.54, 1.807) is 0 Å². The first-order chi connectivity index (χ1) is 9.31. The van der Waals surface area contributed by atoms with Gasteiger partial charge in [-0.25, -0.2) is 14.4 Å². The van der Waals surface area contributed by atoms with Crippen LogP contribution < -0.4 is 0 Å². The minimum Gasteiger partial charge on any atom is -0.462 e. The van der Waals surface area contributed by atoms with Gasteiger partial charge in [-0.2, -0.15) is 13.2 Å². The summed E-state index contributed by atoms with van der Waals surface area (Å²) in [5, 5.41) is 6.22. The van der Waals surface area contributed by atoms with E-state index in [1.165, 1.54) is 0 Å². The number of esters is 1. The minimum absolute atomic E-state index is 0.0646. The molecule has 1 fully saturated rings. The third-order valence-electron chi connectivity index (χ3n) is 2.98. The number of rotatable bonds is 6. The summed E-state index contributed by atoms with van der Waals surface area (Å²) in [6.07, 6.45) is -1.29. The molecule has 1 unspecified atom stereocenters. The Morgan fingerprint density at radius 2 is 1.80 bits per heavy atom. The second-order valence-electron chi connectivity index (χ2n) is 4.42. The van der Waals surface area contributed by atoms with Crippen molar-refractivity contribution in [2.45, 2.75) is 43.3 Å². The second-order valence-corrected chi connectivity index (χ2v) is 5.29. The molecule has 0 amide bonds. The van der Waals surface area contributed by atoms with E-state index in [0.717, 1.165) is 32.1 Å². The molecule has 0 aromatic rings. The summed E-state index contributed by atoms with van der Waals surface area (Å²) in [6.45, 7) is -0.277. The Labute approximate surface area is 116 Å². The number of hydrogen-bond acceptors (Lipinski definition) is 6. The zero-order valence-electron chi connectivity index (χ0n) is 10.3. The number of ether oxygens (including phenoxy) is 1. The summed E-state index contributed by atoms with van der Waals surface area (Å²) in [5.74, 6) is -2.19. The van der Waals surface area contributed by atoms with Crippen molar-refractivity contribution in [1.82, 2.24) is 0 Å². The number of halogens is 4. The van der Waals surface area contributed by atoms with Crippen LogP contribution in [0.15, 0.2) is 0 Å². The highest BCUT2D eigenvalue weighted by Crippen LogP contribution is 2.44. The third-order valence-corrected chi connectivity index (χ3v) is 3.74. The SMILES string of the molecule is O=C(OCC1CCCCC1)C(F)(SOOO)C(F)(F)F. The van der Waals surface area contributed by atoms with Gasteiger partial charge in [-0.3, -0.25) is 0 Å². The molecule has 0 aliphatic heterocycles. The highest BCUT2D eigenvalue weighted by molar-refractivity contribution is 7.96. The zero-order valence-corrected chi connectivity index (χ0v) is 11.1. The number of carbonyl (C=O) groups excluding carboxylic acids is 1. The Hall–Kier alpha value is -0.580. The lowest BCUT2D eigenvalue weighted by molar-refractivity contribution is -0.433. The molecule has 0 saturated heterocycles. The van der Waals surface area contributed by atoms with Crippen molar-refractivity contribution in [1.29, 1.82) is 0 Å². The monoisotopic (exact) mass is 322 g/mol. The average molecular weight is 322 g/mol. The van der Waals surface area contributed by atoms with Crippen molar-refractivity contribution >= 4 is 18.0 Å². The number of hydrogen-bond donors (Lipinski definition) is 1. The lowest BCUT2D eigenvalue weighted by atomic mass is 9.90. The summed E-state index contributed by atoms with van der Waals surface area (Å²) in [7, 11) is 0. The van der Waals surface area contributed by atoms with Crippen LogP contribution in [0.5, 0.6) is 0 Å². The van der Waals surface area contributed by atoms with Crippen molar-refractivity contribution in [3.63, 3.8) is 0 Å². The van der Waals surface area contributed by atoms with E-state index in [-0.39, 0.29) is 12.5 Å². The Morgan fingerprint density at radius 3 is 2.30 bits per heavy atom. The van der Waals surface area contributed by atoms with Crippen molar-refractivity contribution in [2.24, 2.45) is 5.92 Å². The Bertz CT molecular complexity index is 321. The van der Waals surface area contributed by atoms with Gasteiger partial charge in [0, 0.05) is 0 Å². The van der Waals surface area contributed by atoms with Crippen molar-refractivity contribution in [3.8, 4) is 0 Å². The van der Waals surface area contributed by atoms with Gasteiger partial charge in [-0.15, -0.1) is 4.33 Å². The molecular weight excluding hydrogens is 308 g/mol. The van der Waals surface area contributed by atoms with Gasteiger partial charge in [0.2, 0.25) is 0 Å². The molecule has 20 heavy (non-hydrogen) atoms. The molecule has 0 bridgehead atoms. The van der Waals surface area contributed by atoms with Crippen LogP contribution >= 0.6 is 12.0 Å². The molecule has 1 N–H and O–H groups in total. The standard InChI is InChI=1S/C10H14F4O5S/c11-9(10(12,13)14,20-19-18-16)8(15)17-6-7-4-2-1-3-5-7/h7,16H,1-6H2. The molecule has 1 rings (SSSR count). The lowest BCUT2D eigenvalue weighted by Crippen LogP contribution is -2.47. The van der Waals surface area contributed by atoms with E-state index in [9.17, 15) is 22.4 Å². The number of carbonyl (C=O) groups is 1. The Kier molecular flexibility index (Phi) is 6.49. The van der Waals surface area contributed by atoms with Crippen molar-refractivity contribution < 1.29 is 41.7 Å². The Morgan fingerprint density at radius 1 is 1.20 bits per heavy atom. The van der Waals surface area contributed by atoms with E-state index in [4.69, 9.17) is 5.26 Å². The van der Waals surface area contributed by atoms with E-state index in [1.807, 2.05) is 0 Å². The fourth-order valence-electron chi connectivity index (χ4n) is 1.90. The van der Waals surface area contributed by atoms with E-state index < -0.39 is 29.2 Å². The quantitative estimate of drug-likeness (QED) is 0.266. The first-order valence-electron chi connectivity index (χ1n) is 5.90. The van der Waals surface area contributed by atoms with Crippen LogP contribution in [0.25, 0.3) is 0 Å². The normalized spacial score (nSPS) is 20.4. The molecule has 0 aromatic carbocycles. The molecule has 0 radical (unpaired) electrons. The van der Waals surface area contributed by atoms with Crippen LogP contribution in [0, 0.1) is 5.92 Å². The maximum Gasteiger partial charge on any atom is 0.446 e. The van der Waals surface area contributed by atoms with Crippen LogP contribution in [-0.4, -0.2) is 29.0 Å². The smallest absolute Gasteiger partial charge is 0.446 e. The maximum absolute atomic E-state index is 13.7. The fourth-order valence-corrected chi connectivity index (χ4v) is 2.24. The van der Waals surface area contributed by atoms with Crippen LogP contribution in [0.4, 0.5) is 17.6 Å².